The number of carbonyl (C=O) groups is 1. The first-order valence-corrected chi connectivity index (χ1v) is 10.3. The van der Waals surface area contributed by atoms with Crippen LogP contribution in [0.4, 0.5) is 5.69 Å². The van der Waals surface area contributed by atoms with Gasteiger partial charge in [-0.1, -0.05) is 30.3 Å². The molecule has 6 nitrogen and oxygen atoms in total. The molecular formula is C23H24N4O2. The summed E-state index contributed by atoms with van der Waals surface area (Å²) < 4.78 is 6.42. The number of aromatic nitrogens is 1. The second-order valence-corrected chi connectivity index (χ2v) is 8.23. The molecule has 4 heterocycles. The Hall–Kier alpha value is -2.91. The molecule has 3 aliphatic rings. The van der Waals surface area contributed by atoms with E-state index in [2.05, 4.69) is 28.1 Å². The molecule has 3 aliphatic heterocycles. The van der Waals surface area contributed by atoms with Gasteiger partial charge in [0, 0.05) is 37.3 Å². The van der Waals surface area contributed by atoms with Crippen LogP contribution in [0, 0.1) is 18.3 Å². The number of piperidine rings is 1. The first-order chi connectivity index (χ1) is 14.1. The van der Waals surface area contributed by atoms with Crippen molar-refractivity contribution in [3.8, 4) is 6.07 Å². The van der Waals surface area contributed by atoms with Crippen molar-refractivity contribution in [2.75, 3.05) is 18.0 Å². The minimum Gasteiger partial charge on any atom is -0.371 e. The van der Waals surface area contributed by atoms with E-state index in [9.17, 15) is 10.1 Å². The van der Waals surface area contributed by atoms with Crippen molar-refractivity contribution in [2.45, 2.75) is 50.5 Å². The highest BCUT2D eigenvalue weighted by atomic mass is 16.6. The Morgan fingerprint density at radius 3 is 2.66 bits per heavy atom. The number of anilines is 1. The maximum Gasteiger partial charge on any atom is 0.257 e. The third-order valence-corrected chi connectivity index (χ3v) is 6.49. The summed E-state index contributed by atoms with van der Waals surface area (Å²) in [5.74, 6) is 0.150. The highest BCUT2D eigenvalue weighted by Gasteiger charge is 2.57. The Bertz CT molecular complexity index is 976. The van der Waals surface area contributed by atoms with Crippen molar-refractivity contribution >= 4 is 11.6 Å². The molecule has 1 spiro atoms. The average Bonchev–Trinajstić information content (AvgIpc) is 3.27. The molecule has 3 fully saturated rings. The van der Waals surface area contributed by atoms with Gasteiger partial charge in [0.05, 0.1) is 6.04 Å². The molecule has 2 aromatic rings. The summed E-state index contributed by atoms with van der Waals surface area (Å²) in [4.78, 5) is 21.9. The quantitative estimate of drug-likeness (QED) is 0.789. The molecule has 2 atom stereocenters. The molecule has 148 valence electrons. The average molecular weight is 388 g/mol. The number of benzene rings is 1. The van der Waals surface area contributed by atoms with E-state index in [-0.39, 0.29) is 18.2 Å². The second-order valence-electron chi connectivity index (χ2n) is 8.23. The first kappa shape index (κ1) is 18.1. The fraction of sp³-hybridized carbons (Fsp3) is 0.435. The lowest BCUT2D eigenvalue weighted by molar-refractivity contribution is -0.140. The topological polar surface area (TPSA) is 69.5 Å². The number of nitriles is 1. The van der Waals surface area contributed by atoms with Gasteiger partial charge in [0.2, 0.25) is 0 Å². The Kier molecular flexibility index (Phi) is 4.29. The molecule has 0 radical (unpaired) electrons. The Labute approximate surface area is 170 Å². The molecule has 1 amide bonds. The molecule has 6 heteroatoms. The molecule has 2 unspecified atom stereocenters. The Balaban J connectivity index is 1.34. The minimum absolute atomic E-state index is 0.104. The Morgan fingerprint density at radius 2 is 1.93 bits per heavy atom. The number of hydrogen-bond donors (Lipinski definition) is 0. The smallest absolute Gasteiger partial charge is 0.257 e. The van der Waals surface area contributed by atoms with Gasteiger partial charge in [0.15, 0.2) is 5.60 Å². The van der Waals surface area contributed by atoms with Gasteiger partial charge < -0.3 is 14.5 Å². The monoisotopic (exact) mass is 388 g/mol. The van der Waals surface area contributed by atoms with Crippen molar-refractivity contribution in [3.63, 3.8) is 0 Å². The van der Waals surface area contributed by atoms with Crippen molar-refractivity contribution < 1.29 is 9.53 Å². The van der Waals surface area contributed by atoms with Gasteiger partial charge in [-0.2, -0.15) is 5.26 Å². The van der Waals surface area contributed by atoms with Crippen molar-refractivity contribution in [2.24, 2.45) is 0 Å². The largest absolute Gasteiger partial charge is 0.371 e. The first-order valence-electron chi connectivity index (χ1n) is 10.3. The molecule has 0 aliphatic carbocycles. The molecule has 5 rings (SSSR count). The van der Waals surface area contributed by atoms with Crippen LogP contribution in [0.1, 0.15) is 48.7 Å². The number of ether oxygens (including phenoxy) is 1. The lowest BCUT2D eigenvalue weighted by atomic mass is 9.89. The lowest BCUT2D eigenvalue weighted by Gasteiger charge is -2.38. The van der Waals surface area contributed by atoms with Gasteiger partial charge in [-0.05, 0) is 37.5 Å². The SMILES string of the molecule is Cc1cc(N2CCC3(CC2)OC2CCC(c4ccccc4)N2C3=O)cc(C#N)n1. The van der Waals surface area contributed by atoms with Gasteiger partial charge >= 0.3 is 0 Å². The van der Waals surface area contributed by atoms with Crippen LogP contribution in [-0.4, -0.2) is 40.7 Å². The van der Waals surface area contributed by atoms with Crippen LogP contribution in [0.25, 0.3) is 0 Å². The van der Waals surface area contributed by atoms with E-state index in [1.807, 2.05) is 42.2 Å². The number of amides is 1. The molecule has 29 heavy (non-hydrogen) atoms. The van der Waals surface area contributed by atoms with Crippen LogP contribution in [0.2, 0.25) is 0 Å². The zero-order valence-corrected chi connectivity index (χ0v) is 16.5. The molecule has 1 aromatic carbocycles. The van der Waals surface area contributed by atoms with Gasteiger partial charge in [0.1, 0.15) is 18.0 Å². The summed E-state index contributed by atoms with van der Waals surface area (Å²) in [5, 5.41) is 9.20. The van der Waals surface area contributed by atoms with Gasteiger partial charge in [-0.3, -0.25) is 4.79 Å². The number of fused-ring (bicyclic) bond motifs is 1. The van der Waals surface area contributed by atoms with Crippen LogP contribution in [0.3, 0.4) is 0 Å². The number of hydrogen-bond acceptors (Lipinski definition) is 5. The highest BCUT2D eigenvalue weighted by Crippen LogP contribution is 2.47. The normalized spacial score (nSPS) is 25.3. The molecule has 3 saturated heterocycles. The zero-order valence-electron chi connectivity index (χ0n) is 16.5. The van der Waals surface area contributed by atoms with E-state index in [1.54, 1.807) is 0 Å². The predicted octanol–water partition coefficient (Wildman–Crippen LogP) is 3.32. The lowest BCUT2D eigenvalue weighted by Crippen LogP contribution is -2.50. The number of pyridine rings is 1. The third-order valence-electron chi connectivity index (χ3n) is 6.49. The van der Waals surface area contributed by atoms with Crippen LogP contribution in [0.15, 0.2) is 42.5 Å². The van der Waals surface area contributed by atoms with Gasteiger partial charge in [-0.15, -0.1) is 0 Å². The summed E-state index contributed by atoms with van der Waals surface area (Å²) in [6.07, 6.45) is 3.09. The highest BCUT2D eigenvalue weighted by molar-refractivity contribution is 5.88. The molecule has 0 bridgehead atoms. The molecular weight excluding hydrogens is 364 g/mol. The number of rotatable bonds is 2. The fourth-order valence-corrected chi connectivity index (χ4v) is 5.06. The maximum atomic E-state index is 13.5. The molecule has 0 saturated carbocycles. The summed E-state index contributed by atoms with van der Waals surface area (Å²) in [5.41, 5.74) is 2.75. The van der Waals surface area contributed by atoms with E-state index in [0.29, 0.717) is 18.5 Å². The van der Waals surface area contributed by atoms with Crippen molar-refractivity contribution in [1.82, 2.24) is 9.88 Å². The fourth-order valence-electron chi connectivity index (χ4n) is 5.06. The Morgan fingerprint density at radius 1 is 1.17 bits per heavy atom. The minimum atomic E-state index is -0.700. The van der Waals surface area contributed by atoms with Crippen LogP contribution in [-0.2, 0) is 9.53 Å². The van der Waals surface area contributed by atoms with E-state index < -0.39 is 5.60 Å². The number of carbonyl (C=O) groups excluding carboxylic acids is 1. The number of nitrogens with zero attached hydrogens (tertiary/aromatic N) is 4. The number of aryl methyl sites for hydroxylation is 1. The zero-order chi connectivity index (χ0) is 20.0. The molecule has 1 aromatic heterocycles. The van der Waals surface area contributed by atoms with Gasteiger partial charge in [-0.25, -0.2) is 4.98 Å². The van der Waals surface area contributed by atoms with E-state index in [0.717, 1.165) is 37.3 Å². The van der Waals surface area contributed by atoms with E-state index in [4.69, 9.17) is 4.74 Å². The maximum absolute atomic E-state index is 13.5. The van der Waals surface area contributed by atoms with E-state index in [1.165, 1.54) is 5.56 Å². The van der Waals surface area contributed by atoms with E-state index >= 15 is 0 Å². The summed E-state index contributed by atoms with van der Waals surface area (Å²) in [6, 6.07) is 16.3. The van der Waals surface area contributed by atoms with Crippen molar-refractivity contribution in [3.05, 3.63) is 59.4 Å². The van der Waals surface area contributed by atoms with Crippen LogP contribution >= 0.6 is 0 Å². The third kappa shape index (κ3) is 2.97. The predicted molar refractivity (Wildman–Crippen MR) is 108 cm³/mol. The summed E-state index contributed by atoms with van der Waals surface area (Å²) in [6.45, 7) is 3.37. The summed E-state index contributed by atoms with van der Waals surface area (Å²) >= 11 is 0. The molecule has 0 N–H and O–H groups in total. The summed E-state index contributed by atoms with van der Waals surface area (Å²) in [7, 11) is 0. The standard InChI is InChI=1S/C23H24N4O2/c1-16-13-19(14-18(15-24)25-16)26-11-9-23(10-12-26)22(28)27-20(7-8-21(27)29-23)17-5-3-2-4-6-17/h2-6,13-14,20-21H,7-12H2,1H3. The second kappa shape index (κ2) is 6.85. The van der Waals surface area contributed by atoms with Crippen LogP contribution in [0.5, 0.6) is 0 Å². The van der Waals surface area contributed by atoms with Crippen molar-refractivity contribution in [1.29, 1.82) is 5.26 Å². The van der Waals surface area contributed by atoms with Gasteiger partial charge in [0.25, 0.3) is 5.91 Å². The van der Waals surface area contributed by atoms with Crippen LogP contribution < -0.4 is 4.90 Å².